The van der Waals surface area contributed by atoms with Gasteiger partial charge in [0.15, 0.2) is 0 Å². The topological polar surface area (TPSA) is 84.9 Å². The van der Waals surface area contributed by atoms with Crippen LogP contribution in [0, 0.1) is 0 Å². The zero-order valence-corrected chi connectivity index (χ0v) is 18.0. The van der Waals surface area contributed by atoms with Crippen LogP contribution < -0.4 is 10.1 Å². The summed E-state index contributed by atoms with van der Waals surface area (Å²) in [4.78, 5) is 23.4. The van der Waals surface area contributed by atoms with Gasteiger partial charge in [0.05, 0.1) is 12.7 Å². The van der Waals surface area contributed by atoms with Crippen molar-refractivity contribution in [2.75, 3.05) is 12.4 Å². The van der Waals surface area contributed by atoms with Crippen LogP contribution in [0.4, 0.5) is 10.5 Å². The molecule has 6 heteroatoms. The number of methoxy groups -OCH3 is 1. The van der Waals surface area contributed by atoms with Gasteiger partial charge in [-0.3, -0.25) is 5.32 Å². The van der Waals surface area contributed by atoms with Crippen molar-refractivity contribution in [3.05, 3.63) is 47.5 Å². The average molecular weight is 399 g/mol. The number of ether oxygens (including phenoxy) is 2. The van der Waals surface area contributed by atoms with Crippen LogP contribution in [-0.4, -0.2) is 29.9 Å². The molecule has 0 unspecified atom stereocenters. The average Bonchev–Trinajstić information content (AvgIpc) is 2.58. The van der Waals surface area contributed by atoms with E-state index < -0.39 is 17.7 Å². The van der Waals surface area contributed by atoms with Crippen molar-refractivity contribution in [3.63, 3.8) is 0 Å². The van der Waals surface area contributed by atoms with E-state index in [0.29, 0.717) is 11.4 Å². The van der Waals surface area contributed by atoms with Gasteiger partial charge in [0.1, 0.15) is 11.4 Å². The monoisotopic (exact) mass is 399 g/mol. The van der Waals surface area contributed by atoms with Crippen molar-refractivity contribution in [2.45, 2.75) is 52.6 Å². The molecule has 0 aliphatic heterocycles. The standard InChI is InChI=1S/C23H29NO5/c1-22(2,3)18-13-16(24-21(27)29-23(4,5)6)12-17(19(18)28-7)14-8-10-15(11-9-14)20(25)26/h8-13H,1-7H3,(H,24,27)(H,25,26). The lowest BCUT2D eigenvalue weighted by Gasteiger charge is -2.26. The second kappa shape index (κ2) is 8.15. The second-order valence-electron chi connectivity index (χ2n) is 8.86. The van der Waals surface area contributed by atoms with Crippen LogP contribution >= 0.6 is 0 Å². The Hall–Kier alpha value is -3.02. The predicted molar refractivity (Wildman–Crippen MR) is 114 cm³/mol. The highest BCUT2D eigenvalue weighted by atomic mass is 16.6. The summed E-state index contributed by atoms with van der Waals surface area (Å²) < 4.78 is 11.1. The Kier molecular flexibility index (Phi) is 6.26. The van der Waals surface area contributed by atoms with Crippen LogP contribution in [0.5, 0.6) is 5.75 Å². The molecule has 0 saturated carbocycles. The van der Waals surface area contributed by atoms with Gasteiger partial charge in [-0.1, -0.05) is 32.9 Å². The molecule has 0 saturated heterocycles. The van der Waals surface area contributed by atoms with Crippen molar-refractivity contribution in [2.24, 2.45) is 0 Å². The number of benzene rings is 2. The third kappa shape index (κ3) is 5.73. The maximum absolute atomic E-state index is 12.3. The van der Waals surface area contributed by atoms with E-state index in [9.17, 15) is 9.59 Å². The van der Waals surface area contributed by atoms with Gasteiger partial charge in [-0.2, -0.15) is 0 Å². The van der Waals surface area contributed by atoms with Crippen molar-refractivity contribution >= 4 is 17.7 Å². The zero-order chi connectivity index (χ0) is 22.0. The lowest BCUT2D eigenvalue weighted by atomic mass is 9.83. The van der Waals surface area contributed by atoms with E-state index in [2.05, 4.69) is 26.1 Å². The minimum Gasteiger partial charge on any atom is -0.496 e. The summed E-state index contributed by atoms with van der Waals surface area (Å²) in [6.45, 7) is 11.6. The molecule has 156 valence electrons. The van der Waals surface area contributed by atoms with Crippen LogP contribution in [-0.2, 0) is 10.2 Å². The number of hydrogen-bond donors (Lipinski definition) is 2. The van der Waals surface area contributed by atoms with E-state index in [1.165, 1.54) is 0 Å². The highest BCUT2D eigenvalue weighted by Crippen LogP contribution is 2.41. The Morgan fingerprint density at radius 2 is 1.55 bits per heavy atom. The van der Waals surface area contributed by atoms with Gasteiger partial charge in [0.25, 0.3) is 0 Å². The quantitative estimate of drug-likeness (QED) is 0.688. The largest absolute Gasteiger partial charge is 0.496 e. The van der Waals surface area contributed by atoms with E-state index in [0.717, 1.165) is 16.7 Å². The lowest BCUT2D eigenvalue weighted by Crippen LogP contribution is -2.27. The summed E-state index contributed by atoms with van der Waals surface area (Å²) in [5, 5.41) is 11.9. The van der Waals surface area contributed by atoms with Crippen LogP contribution in [0.2, 0.25) is 0 Å². The molecule has 0 heterocycles. The second-order valence-corrected chi connectivity index (χ2v) is 8.86. The number of rotatable bonds is 4. The molecule has 29 heavy (non-hydrogen) atoms. The molecule has 2 aromatic rings. The van der Waals surface area contributed by atoms with Crippen LogP contribution in [0.1, 0.15) is 57.5 Å². The summed E-state index contributed by atoms with van der Waals surface area (Å²) in [6.07, 6.45) is -0.547. The first kappa shape index (κ1) is 22.3. The molecule has 0 aliphatic rings. The number of carboxylic acid groups (broad SMARTS) is 1. The first-order chi connectivity index (χ1) is 13.3. The molecule has 0 aromatic heterocycles. The molecule has 0 aliphatic carbocycles. The molecule has 0 bridgehead atoms. The molecule has 1 amide bonds. The van der Waals surface area contributed by atoms with E-state index in [1.54, 1.807) is 58.2 Å². The van der Waals surface area contributed by atoms with Gasteiger partial charge in [0, 0.05) is 16.8 Å². The zero-order valence-electron chi connectivity index (χ0n) is 18.0. The smallest absolute Gasteiger partial charge is 0.412 e. The van der Waals surface area contributed by atoms with Gasteiger partial charge >= 0.3 is 12.1 Å². The fraction of sp³-hybridized carbons (Fsp3) is 0.391. The van der Waals surface area contributed by atoms with Gasteiger partial charge in [-0.25, -0.2) is 9.59 Å². The van der Waals surface area contributed by atoms with Gasteiger partial charge in [-0.05, 0) is 56.0 Å². The third-order valence-corrected chi connectivity index (χ3v) is 4.19. The minimum atomic E-state index is -0.987. The van der Waals surface area contributed by atoms with Crippen molar-refractivity contribution in [3.8, 4) is 16.9 Å². The highest BCUT2D eigenvalue weighted by Gasteiger charge is 2.24. The van der Waals surface area contributed by atoms with E-state index in [4.69, 9.17) is 14.6 Å². The first-order valence-electron chi connectivity index (χ1n) is 9.38. The molecule has 2 N–H and O–H groups in total. The van der Waals surface area contributed by atoms with Crippen LogP contribution in [0.3, 0.4) is 0 Å². The maximum atomic E-state index is 12.3. The number of carbonyl (C=O) groups excluding carboxylic acids is 1. The lowest BCUT2D eigenvalue weighted by molar-refractivity contribution is 0.0634. The number of amides is 1. The number of hydrogen-bond acceptors (Lipinski definition) is 4. The highest BCUT2D eigenvalue weighted by molar-refractivity contribution is 5.90. The van der Waals surface area contributed by atoms with Crippen molar-refractivity contribution in [1.82, 2.24) is 0 Å². The predicted octanol–water partition coefficient (Wildman–Crippen LogP) is 5.70. The summed E-state index contributed by atoms with van der Waals surface area (Å²) >= 11 is 0. The molecule has 2 rings (SSSR count). The Morgan fingerprint density at radius 1 is 0.966 bits per heavy atom. The number of nitrogens with one attached hydrogen (secondary N) is 1. The summed E-state index contributed by atoms with van der Waals surface area (Å²) in [5.41, 5.74) is 2.35. The van der Waals surface area contributed by atoms with E-state index in [1.807, 2.05) is 6.07 Å². The Labute approximate surface area is 171 Å². The minimum absolute atomic E-state index is 0.201. The summed E-state index contributed by atoms with van der Waals surface area (Å²) in [6, 6.07) is 10.2. The number of anilines is 1. The Morgan fingerprint density at radius 3 is 2.00 bits per heavy atom. The molecular weight excluding hydrogens is 370 g/mol. The third-order valence-electron chi connectivity index (χ3n) is 4.19. The molecule has 0 fully saturated rings. The molecule has 0 atom stereocenters. The van der Waals surface area contributed by atoms with Gasteiger partial charge in [0.2, 0.25) is 0 Å². The molecular formula is C23H29NO5. The summed E-state index contributed by atoms with van der Waals surface area (Å²) in [7, 11) is 1.60. The number of carbonyl (C=O) groups is 2. The summed E-state index contributed by atoms with van der Waals surface area (Å²) in [5.74, 6) is -0.311. The number of aromatic carboxylic acids is 1. The molecule has 6 nitrogen and oxygen atoms in total. The SMILES string of the molecule is COc1c(-c2ccc(C(=O)O)cc2)cc(NC(=O)OC(C)(C)C)cc1C(C)(C)C. The van der Waals surface area contributed by atoms with Gasteiger partial charge in [-0.15, -0.1) is 0 Å². The Bertz CT molecular complexity index is 903. The molecule has 0 radical (unpaired) electrons. The Balaban J connectivity index is 2.58. The first-order valence-corrected chi connectivity index (χ1v) is 9.38. The van der Waals surface area contributed by atoms with E-state index in [-0.39, 0.29) is 11.0 Å². The van der Waals surface area contributed by atoms with Crippen LogP contribution in [0.15, 0.2) is 36.4 Å². The van der Waals surface area contributed by atoms with Gasteiger partial charge < -0.3 is 14.6 Å². The van der Waals surface area contributed by atoms with Crippen LogP contribution in [0.25, 0.3) is 11.1 Å². The van der Waals surface area contributed by atoms with Crippen molar-refractivity contribution in [1.29, 1.82) is 0 Å². The fourth-order valence-corrected chi connectivity index (χ4v) is 2.91. The fourth-order valence-electron chi connectivity index (χ4n) is 2.91. The number of carboxylic acids is 1. The molecule has 2 aromatic carbocycles. The normalized spacial score (nSPS) is 11.7. The molecule has 0 spiro atoms. The van der Waals surface area contributed by atoms with Crippen molar-refractivity contribution < 1.29 is 24.2 Å². The maximum Gasteiger partial charge on any atom is 0.412 e. The van der Waals surface area contributed by atoms with E-state index >= 15 is 0 Å².